The smallest absolute Gasteiger partial charge is 0.410 e. The lowest BCUT2D eigenvalue weighted by Gasteiger charge is -2.43. The molecular weight excluding hydrogens is 206 g/mol. The van der Waals surface area contributed by atoms with E-state index in [0.29, 0.717) is 6.54 Å². The monoisotopic (exact) mass is 227 g/mol. The summed E-state index contributed by atoms with van der Waals surface area (Å²) in [5, 5.41) is 3.30. The fourth-order valence-corrected chi connectivity index (χ4v) is 2.45. The highest BCUT2D eigenvalue weighted by Crippen LogP contribution is 2.31. The van der Waals surface area contributed by atoms with Gasteiger partial charge in [-0.2, -0.15) is 0 Å². The standard InChI is InChI=1S/C11H21N3O2/c12-5-1-8-14-9-4-11(16-10(14)15)2-6-13-7-3-11/h13H,1-9,12H2. The Morgan fingerprint density at radius 1 is 1.38 bits per heavy atom. The number of rotatable bonds is 3. The van der Waals surface area contributed by atoms with Crippen LogP contribution in [0.4, 0.5) is 4.79 Å². The highest BCUT2D eigenvalue weighted by atomic mass is 16.6. The van der Waals surface area contributed by atoms with Gasteiger partial charge in [0.05, 0.1) is 0 Å². The molecule has 0 aromatic rings. The number of amides is 1. The zero-order valence-electron chi connectivity index (χ0n) is 9.71. The van der Waals surface area contributed by atoms with Crippen LogP contribution in [0.2, 0.25) is 0 Å². The summed E-state index contributed by atoms with van der Waals surface area (Å²) in [6.45, 7) is 4.08. The van der Waals surface area contributed by atoms with Gasteiger partial charge in [-0.3, -0.25) is 0 Å². The fraction of sp³-hybridized carbons (Fsp3) is 0.909. The first-order valence-corrected chi connectivity index (χ1v) is 6.14. The molecule has 5 nitrogen and oxygen atoms in total. The third kappa shape index (κ3) is 2.47. The van der Waals surface area contributed by atoms with Gasteiger partial charge in [-0.15, -0.1) is 0 Å². The van der Waals surface area contributed by atoms with Gasteiger partial charge in [0.2, 0.25) is 0 Å². The minimum Gasteiger partial charge on any atom is -0.443 e. The Kier molecular flexibility index (Phi) is 3.66. The largest absolute Gasteiger partial charge is 0.443 e. The van der Waals surface area contributed by atoms with Crippen molar-refractivity contribution in [1.29, 1.82) is 0 Å². The molecule has 2 aliphatic heterocycles. The predicted octanol–water partition coefficient (Wildman–Crippen LogP) is 0.300. The molecule has 0 aromatic heterocycles. The fourth-order valence-electron chi connectivity index (χ4n) is 2.45. The summed E-state index contributed by atoms with van der Waals surface area (Å²) in [4.78, 5) is 13.6. The maximum atomic E-state index is 11.8. The van der Waals surface area contributed by atoms with Crippen LogP contribution in [0.3, 0.4) is 0 Å². The average Bonchev–Trinajstić information content (AvgIpc) is 2.29. The lowest BCUT2D eigenvalue weighted by Crippen LogP contribution is -2.54. The molecule has 0 unspecified atom stereocenters. The van der Waals surface area contributed by atoms with Crippen LogP contribution < -0.4 is 11.1 Å². The minimum absolute atomic E-state index is 0.151. The van der Waals surface area contributed by atoms with Gasteiger partial charge >= 0.3 is 6.09 Å². The number of nitrogens with one attached hydrogen (secondary N) is 1. The Labute approximate surface area is 96.3 Å². The summed E-state index contributed by atoms with van der Waals surface area (Å²) in [6, 6.07) is 0. The first-order valence-electron chi connectivity index (χ1n) is 6.14. The summed E-state index contributed by atoms with van der Waals surface area (Å²) in [5.41, 5.74) is 5.26. The molecule has 0 aliphatic carbocycles. The van der Waals surface area contributed by atoms with E-state index >= 15 is 0 Å². The Hall–Kier alpha value is -0.810. The van der Waals surface area contributed by atoms with Crippen molar-refractivity contribution in [3.05, 3.63) is 0 Å². The molecule has 0 atom stereocenters. The molecule has 0 radical (unpaired) electrons. The molecule has 16 heavy (non-hydrogen) atoms. The third-order valence-electron chi connectivity index (χ3n) is 3.55. The molecule has 2 fully saturated rings. The van der Waals surface area contributed by atoms with Crippen molar-refractivity contribution < 1.29 is 9.53 Å². The number of nitrogens with two attached hydrogens (primary N) is 1. The van der Waals surface area contributed by atoms with E-state index < -0.39 is 0 Å². The molecule has 1 spiro atoms. The summed E-state index contributed by atoms with van der Waals surface area (Å²) in [5.74, 6) is 0. The van der Waals surface area contributed by atoms with Crippen LogP contribution in [0.5, 0.6) is 0 Å². The van der Waals surface area contributed by atoms with E-state index in [1.54, 1.807) is 4.90 Å². The number of hydrogen-bond acceptors (Lipinski definition) is 4. The Morgan fingerprint density at radius 2 is 2.12 bits per heavy atom. The van der Waals surface area contributed by atoms with Crippen LogP contribution in [0.15, 0.2) is 0 Å². The topological polar surface area (TPSA) is 67.6 Å². The second-order valence-electron chi connectivity index (χ2n) is 4.68. The van der Waals surface area contributed by atoms with Gasteiger partial charge in [-0.25, -0.2) is 4.79 Å². The zero-order valence-corrected chi connectivity index (χ0v) is 9.71. The Morgan fingerprint density at radius 3 is 2.75 bits per heavy atom. The molecule has 1 amide bonds. The summed E-state index contributed by atoms with van der Waals surface area (Å²) in [7, 11) is 0. The molecule has 2 rings (SSSR count). The van der Waals surface area contributed by atoms with Crippen molar-refractivity contribution in [3.63, 3.8) is 0 Å². The summed E-state index contributed by atoms with van der Waals surface area (Å²) >= 11 is 0. The van der Waals surface area contributed by atoms with Gasteiger partial charge in [0, 0.05) is 19.5 Å². The van der Waals surface area contributed by atoms with Crippen molar-refractivity contribution in [2.24, 2.45) is 5.73 Å². The van der Waals surface area contributed by atoms with E-state index in [-0.39, 0.29) is 11.7 Å². The molecule has 0 bridgehead atoms. The molecular formula is C11H21N3O2. The van der Waals surface area contributed by atoms with Crippen LogP contribution in [-0.4, -0.2) is 49.3 Å². The first-order chi connectivity index (χ1) is 7.76. The van der Waals surface area contributed by atoms with Crippen LogP contribution in [0.1, 0.15) is 25.7 Å². The highest BCUT2D eigenvalue weighted by molar-refractivity contribution is 5.69. The lowest BCUT2D eigenvalue weighted by molar-refractivity contribution is -0.0646. The number of piperidine rings is 1. The molecule has 2 aliphatic rings. The minimum atomic E-state index is -0.179. The van der Waals surface area contributed by atoms with Crippen LogP contribution in [0, 0.1) is 0 Å². The average molecular weight is 227 g/mol. The van der Waals surface area contributed by atoms with Crippen LogP contribution in [-0.2, 0) is 4.74 Å². The van der Waals surface area contributed by atoms with Crippen molar-refractivity contribution >= 4 is 6.09 Å². The van der Waals surface area contributed by atoms with Crippen LogP contribution in [0.25, 0.3) is 0 Å². The lowest BCUT2D eigenvalue weighted by atomic mass is 9.87. The molecule has 0 aromatic carbocycles. The van der Waals surface area contributed by atoms with Crippen molar-refractivity contribution in [3.8, 4) is 0 Å². The third-order valence-corrected chi connectivity index (χ3v) is 3.55. The van der Waals surface area contributed by atoms with Gasteiger partial charge in [0.25, 0.3) is 0 Å². The second-order valence-corrected chi connectivity index (χ2v) is 4.68. The molecule has 92 valence electrons. The molecule has 3 N–H and O–H groups in total. The Bertz CT molecular complexity index is 252. The number of nitrogens with zero attached hydrogens (tertiary/aromatic N) is 1. The van der Waals surface area contributed by atoms with Crippen molar-refractivity contribution in [1.82, 2.24) is 10.2 Å². The summed E-state index contributed by atoms with van der Waals surface area (Å²) in [6.07, 6.45) is 3.56. The SMILES string of the molecule is NCCCN1CCC2(CCNCC2)OC1=O. The molecule has 0 saturated carbocycles. The van der Waals surface area contributed by atoms with Gasteiger partial charge < -0.3 is 20.7 Å². The highest BCUT2D eigenvalue weighted by Gasteiger charge is 2.41. The molecule has 5 heteroatoms. The van der Waals surface area contributed by atoms with Gasteiger partial charge in [-0.05, 0) is 38.9 Å². The van der Waals surface area contributed by atoms with Gasteiger partial charge in [-0.1, -0.05) is 0 Å². The van der Waals surface area contributed by atoms with Crippen molar-refractivity contribution in [2.75, 3.05) is 32.7 Å². The van der Waals surface area contributed by atoms with Crippen molar-refractivity contribution in [2.45, 2.75) is 31.3 Å². The normalized spacial score (nSPS) is 24.6. The number of carbonyl (C=O) groups excluding carboxylic acids is 1. The number of ether oxygens (including phenoxy) is 1. The Balaban J connectivity index is 1.88. The molecule has 2 saturated heterocycles. The van der Waals surface area contributed by atoms with E-state index in [9.17, 15) is 4.79 Å². The van der Waals surface area contributed by atoms with Gasteiger partial charge in [0.1, 0.15) is 5.60 Å². The van der Waals surface area contributed by atoms with E-state index in [1.165, 1.54) is 0 Å². The van der Waals surface area contributed by atoms with Gasteiger partial charge in [0.15, 0.2) is 0 Å². The number of hydrogen-bond donors (Lipinski definition) is 2. The second kappa shape index (κ2) is 5.01. The van der Waals surface area contributed by atoms with E-state index in [4.69, 9.17) is 10.5 Å². The first kappa shape index (κ1) is 11.7. The maximum absolute atomic E-state index is 11.8. The van der Waals surface area contributed by atoms with E-state index in [0.717, 1.165) is 51.9 Å². The van der Waals surface area contributed by atoms with Crippen LogP contribution >= 0.6 is 0 Å². The maximum Gasteiger partial charge on any atom is 0.410 e. The quantitative estimate of drug-likeness (QED) is 0.727. The number of carbonyl (C=O) groups is 1. The summed E-state index contributed by atoms with van der Waals surface area (Å²) < 4.78 is 5.63. The molecule has 2 heterocycles. The van der Waals surface area contributed by atoms with E-state index in [1.807, 2.05) is 0 Å². The predicted molar refractivity (Wildman–Crippen MR) is 61.2 cm³/mol. The zero-order chi connectivity index (χ0) is 11.4. The van der Waals surface area contributed by atoms with E-state index in [2.05, 4.69) is 5.32 Å².